The van der Waals surface area contributed by atoms with Crippen LogP contribution in [0.4, 0.5) is 20.3 Å². The molecule has 2 N–H and O–H groups in total. The predicted molar refractivity (Wildman–Crippen MR) is 117 cm³/mol. The van der Waals surface area contributed by atoms with Crippen molar-refractivity contribution in [3.63, 3.8) is 0 Å². The summed E-state index contributed by atoms with van der Waals surface area (Å²) in [5.41, 5.74) is 2.58. The fraction of sp³-hybridized carbons (Fsp3) is 0.227. The molecule has 3 aromatic rings. The zero-order valence-electron chi connectivity index (χ0n) is 17.4. The first-order valence-corrected chi connectivity index (χ1v) is 11.6. The summed E-state index contributed by atoms with van der Waals surface area (Å²) in [5.74, 6) is -1.26. The molecular formula is C22H21F2N3O4S. The van der Waals surface area contributed by atoms with Gasteiger partial charge in [0.05, 0.1) is 17.9 Å². The van der Waals surface area contributed by atoms with Crippen molar-refractivity contribution in [3.05, 3.63) is 70.6 Å². The van der Waals surface area contributed by atoms with Gasteiger partial charge in [0.25, 0.3) is 5.82 Å². The maximum absolute atomic E-state index is 14.2. The van der Waals surface area contributed by atoms with Crippen LogP contribution >= 0.6 is 0 Å². The highest BCUT2D eigenvalue weighted by atomic mass is 32.2. The van der Waals surface area contributed by atoms with E-state index in [0.717, 1.165) is 16.4 Å². The number of hydrogen-bond donors (Lipinski definition) is 2. The Labute approximate surface area is 184 Å². The second-order valence-corrected chi connectivity index (χ2v) is 9.40. The van der Waals surface area contributed by atoms with Crippen molar-refractivity contribution in [2.24, 2.45) is 0 Å². The van der Waals surface area contributed by atoms with Crippen LogP contribution in [0.3, 0.4) is 0 Å². The van der Waals surface area contributed by atoms with Crippen molar-refractivity contribution in [2.45, 2.75) is 20.3 Å². The van der Waals surface area contributed by atoms with Crippen LogP contribution in [0.25, 0.3) is 11.1 Å². The normalized spacial score (nSPS) is 12.9. The van der Waals surface area contributed by atoms with Gasteiger partial charge >= 0.3 is 0 Å². The van der Waals surface area contributed by atoms with Crippen molar-refractivity contribution in [1.82, 2.24) is 0 Å². The molecule has 0 spiro atoms. The summed E-state index contributed by atoms with van der Waals surface area (Å²) in [7, 11) is -3.54. The van der Waals surface area contributed by atoms with Gasteiger partial charge in [-0.2, -0.15) is 0 Å². The van der Waals surface area contributed by atoms with Gasteiger partial charge in [-0.1, -0.05) is 0 Å². The number of anilines is 2. The maximum atomic E-state index is 14.2. The Morgan fingerprint density at radius 3 is 2.59 bits per heavy atom. The van der Waals surface area contributed by atoms with E-state index in [1.54, 1.807) is 19.1 Å². The number of fused-ring (bicyclic) bond motifs is 1. The number of rotatable bonds is 6. The molecule has 0 bridgehead atoms. The lowest BCUT2D eigenvalue weighted by atomic mass is 9.97. The van der Waals surface area contributed by atoms with E-state index in [-0.39, 0.29) is 17.3 Å². The van der Waals surface area contributed by atoms with Crippen molar-refractivity contribution in [2.75, 3.05) is 22.3 Å². The van der Waals surface area contributed by atoms with E-state index >= 15 is 0 Å². The highest BCUT2D eigenvalue weighted by Crippen LogP contribution is 2.40. The predicted octanol–water partition coefficient (Wildman–Crippen LogP) is 4.10. The number of pyridine rings is 1. The van der Waals surface area contributed by atoms with Gasteiger partial charge in [-0.25, -0.2) is 21.9 Å². The molecule has 0 saturated heterocycles. The third-order valence-corrected chi connectivity index (χ3v) is 6.50. The Bertz CT molecular complexity index is 1310. The third-order valence-electron chi connectivity index (χ3n) is 5.19. The maximum Gasteiger partial charge on any atom is 0.281 e. The third kappa shape index (κ3) is 4.18. The number of sulfonamides is 1. The zero-order chi connectivity index (χ0) is 23.0. The van der Waals surface area contributed by atoms with E-state index in [0.29, 0.717) is 47.4 Å². The van der Waals surface area contributed by atoms with Gasteiger partial charge in [0.2, 0.25) is 10.0 Å². The Morgan fingerprint density at radius 2 is 1.88 bits per heavy atom. The summed E-state index contributed by atoms with van der Waals surface area (Å²) in [6.45, 7) is 3.74. The number of hydrogen-bond acceptors (Lipinski definition) is 5. The SMILES string of the molecule is CCS(=O)(=O)Nc1ccc(Oc2ccc(F)cc2F)c(-c2cc(C)[n+]([O-])c3c2CCN3)c1. The van der Waals surface area contributed by atoms with Crippen LogP contribution < -0.4 is 19.5 Å². The minimum absolute atomic E-state index is 0.110. The van der Waals surface area contributed by atoms with Crippen LogP contribution in [-0.2, 0) is 16.4 Å². The number of aromatic nitrogens is 1. The first-order valence-electron chi connectivity index (χ1n) is 9.96. The van der Waals surface area contributed by atoms with Crippen LogP contribution in [0.15, 0.2) is 42.5 Å². The first kappa shape index (κ1) is 21.8. The lowest BCUT2D eigenvalue weighted by molar-refractivity contribution is -0.597. The van der Waals surface area contributed by atoms with Gasteiger partial charge in [-0.05, 0) is 50.2 Å². The summed E-state index contributed by atoms with van der Waals surface area (Å²) >= 11 is 0. The number of halogens is 2. The van der Waals surface area contributed by atoms with E-state index in [1.807, 2.05) is 0 Å². The van der Waals surface area contributed by atoms with Gasteiger partial charge in [0, 0.05) is 29.3 Å². The zero-order valence-corrected chi connectivity index (χ0v) is 18.2. The smallest absolute Gasteiger partial charge is 0.281 e. The van der Waals surface area contributed by atoms with Crippen molar-refractivity contribution >= 4 is 21.5 Å². The molecule has 2 aromatic carbocycles. The van der Waals surface area contributed by atoms with Crippen molar-refractivity contribution in [3.8, 4) is 22.6 Å². The Morgan fingerprint density at radius 1 is 1.12 bits per heavy atom. The molecule has 1 aliphatic heterocycles. The van der Waals surface area contributed by atoms with Gasteiger partial charge in [-0.3, -0.25) is 10.0 Å². The number of nitrogens with zero attached hydrogens (tertiary/aromatic N) is 1. The Hall–Kier alpha value is -3.40. The standard InChI is InChI=1S/C22H21F2N3O4S/c1-3-32(29,30)26-15-5-7-20(31-21-6-4-14(23)11-19(21)24)18(12-15)17-10-13(2)27(28)22-16(17)8-9-25-22/h4-7,10-12,25-26H,3,8-9H2,1-2H3. The molecule has 0 aliphatic carbocycles. The molecule has 1 aromatic heterocycles. The summed E-state index contributed by atoms with van der Waals surface area (Å²) in [6, 6.07) is 9.23. The molecule has 10 heteroatoms. The van der Waals surface area contributed by atoms with Crippen molar-refractivity contribution in [1.29, 1.82) is 0 Å². The molecule has 2 heterocycles. The fourth-order valence-corrected chi connectivity index (χ4v) is 4.21. The molecule has 0 radical (unpaired) electrons. The van der Waals surface area contributed by atoms with Crippen LogP contribution in [0, 0.1) is 23.8 Å². The topological polar surface area (TPSA) is 94.4 Å². The number of nitrogens with one attached hydrogen (secondary N) is 2. The fourth-order valence-electron chi connectivity index (χ4n) is 3.58. The quantitative estimate of drug-likeness (QED) is 0.426. The van der Waals surface area contributed by atoms with E-state index in [2.05, 4.69) is 10.0 Å². The second kappa shape index (κ2) is 8.27. The molecule has 0 atom stereocenters. The molecule has 4 rings (SSSR count). The van der Waals surface area contributed by atoms with Crippen LogP contribution in [0.5, 0.6) is 11.5 Å². The molecule has 0 amide bonds. The highest BCUT2D eigenvalue weighted by Gasteiger charge is 2.27. The lowest BCUT2D eigenvalue weighted by Gasteiger charge is -2.18. The van der Waals surface area contributed by atoms with Crippen LogP contribution in [-0.4, -0.2) is 20.7 Å². The van der Waals surface area contributed by atoms with E-state index < -0.39 is 21.7 Å². The first-order chi connectivity index (χ1) is 15.2. The number of aryl methyl sites for hydroxylation is 1. The van der Waals surface area contributed by atoms with Crippen LogP contribution in [0.1, 0.15) is 18.2 Å². The van der Waals surface area contributed by atoms with E-state index in [4.69, 9.17) is 4.74 Å². The van der Waals surface area contributed by atoms with E-state index in [1.165, 1.54) is 25.1 Å². The average Bonchev–Trinajstić information content (AvgIpc) is 3.24. The van der Waals surface area contributed by atoms with Gasteiger partial charge < -0.3 is 9.94 Å². The summed E-state index contributed by atoms with van der Waals surface area (Å²) < 4.78 is 60.8. The summed E-state index contributed by atoms with van der Waals surface area (Å²) in [6.07, 6.45) is 0.572. The van der Waals surface area contributed by atoms with Gasteiger partial charge in [0.15, 0.2) is 11.6 Å². The molecule has 0 fully saturated rings. The largest absolute Gasteiger partial charge is 0.710 e. The second-order valence-electron chi connectivity index (χ2n) is 7.39. The molecule has 1 aliphatic rings. The molecule has 0 unspecified atom stereocenters. The molecular weight excluding hydrogens is 440 g/mol. The Balaban J connectivity index is 1.88. The molecule has 0 saturated carbocycles. The Kier molecular flexibility index (Phi) is 5.64. The highest BCUT2D eigenvalue weighted by molar-refractivity contribution is 7.92. The van der Waals surface area contributed by atoms with Crippen molar-refractivity contribution < 1.29 is 26.7 Å². The van der Waals surface area contributed by atoms with Gasteiger partial charge in [0.1, 0.15) is 17.3 Å². The lowest BCUT2D eigenvalue weighted by Crippen LogP contribution is -2.33. The molecule has 7 nitrogen and oxygen atoms in total. The van der Waals surface area contributed by atoms with Crippen LogP contribution in [0.2, 0.25) is 0 Å². The number of ether oxygens (including phenoxy) is 1. The monoisotopic (exact) mass is 461 g/mol. The minimum Gasteiger partial charge on any atom is -0.710 e. The number of benzene rings is 2. The van der Waals surface area contributed by atoms with E-state index in [9.17, 15) is 22.4 Å². The minimum atomic E-state index is -3.54. The van der Waals surface area contributed by atoms with Gasteiger partial charge in [-0.15, -0.1) is 0 Å². The molecule has 168 valence electrons. The summed E-state index contributed by atoms with van der Waals surface area (Å²) in [4.78, 5) is 0. The molecule has 32 heavy (non-hydrogen) atoms. The summed E-state index contributed by atoms with van der Waals surface area (Å²) in [5, 5.41) is 15.5. The average molecular weight is 461 g/mol.